The number of rotatable bonds is 6. The van der Waals surface area contributed by atoms with E-state index in [4.69, 9.17) is 28.4 Å². The van der Waals surface area contributed by atoms with Crippen molar-refractivity contribution in [3.63, 3.8) is 0 Å². The molecule has 2 aromatic rings. The normalized spacial score (nSPS) is 15.4. The second-order valence-electron chi connectivity index (χ2n) is 5.60. The molecule has 138 valence electrons. The zero-order valence-electron chi connectivity index (χ0n) is 15.5. The Bertz CT molecular complexity index is 827. The first-order valence-electron chi connectivity index (χ1n) is 8.04. The summed E-state index contributed by atoms with van der Waals surface area (Å²) < 4.78 is 33.0. The Morgan fingerprint density at radius 2 is 1.35 bits per heavy atom. The van der Waals surface area contributed by atoms with E-state index in [2.05, 4.69) is 0 Å². The highest BCUT2D eigenvalue weighted by Gasteiger charge is 2.26. The molecular weight excluding hydrogens is 336 g/mol. The summed E-state index contributed by atoms with van der Waals surface area (Å²) in [6.07, 6.45) is 1.38. The number of methoxy groups -OCH3 is 5. The SMILES string of the molecule is COc1ccc(C2=Cc3cc(OC)c(OC)cc3[C@@H](OC)O2)cc1OC. The fourth-order valence-electron chi connectivity index (χ4n) is 2.91. The van der Waals surface area contributed by atoms with Gasteiger partial charge in [0.25, 0.3) is 0 Å². The molecule has 0 spiro atoms. The van der Waals surface area contributed by atoms with E-state index in [-0.39, 0.29) is 0 Å². The summed E-state index contributed by atoms with van der Waals surface area (Å²) in [5, 5.41) is 0. The first kappa shape index (κ1) is 17.9. The van der Waals surface area contributed by atoms with Crippen LogP contribution in [0.25, 0.3) is 11.8 Å². The summed E-state index contributed by atoms with van der Waals surface area (Å²) in [4.78, 5) is 0. The van der Waals surface area contributed by atoms with Crippen LogP contribution in [0.3, 0.4) is 0 Å². The molecule has 0 fully saturated rings. The molecule has 6 nitrogen and oxygen atoms in total. The molecule has 0 unspecified atom stereocenters. The molecule has 6 heteroatoms. The second kappa shape index (κ2) is 7.58. The van der Waals surface area contributed by atoms with Crippen molar-refractivity contribution in [1.29, 1.82) is 0 Å². The third-order valence-electron chi connectivity index (χ3n) is 4.25. The summed E-state index contributed by atoms with van der Waals surface area (Å²) in [5.74, 6) is 3.22. The van der Waals surface area contributed by atoms with Crippen LogP contribution < -0.4 is 18.9 Å². The van der Waals surface area contributed by atoms with Crippen molar-refractivity contribution < 1.29 is 28.4 Å². The lowest BCUT2D eigenvalue weighted by Gasteiger charge is -2.27. The maximum atomic E-state index is 6.04. The molecule has 0 saturated carbocycles. The van der Waals surface area contributed by atoms with Gasteiger partial charge in [0.2, 0.25) is 6.29 Å². The van der Waals surface area contributed by atoms with Gasteiger partial charge in [-0.05, 0) is 42.0 Å². The minimum Gasteiger partial charge on any atom is -0.493 e. The van der Waals surface area contributed by atoms with Crippen LogP contribution in [0.2, 0.25) is 0 Å². The molecule has 26 heavy (non-hydrogen) atoms. The van der Waals surface area contributed by atoms with E-state index in [1.807, 2.05) is 36.4 Å². The van der Waals surface area contributed by atoms with Gasteiger partial charge < -0.3 is 28.4 Å². The van der Waals surface area contributed by atoms with Gasteiger partial charge in [0.1, 0.15) is 5.76 Å². The van der Waals surface area contributed by atoms with E-state index < -0.39 is 6.29 Å². The minimum atomic E-state index is -0.557. The van der Waals surface area contributed by atoms with Crippen LogP contribution in [0.5, 0.6) is 23.0 Å². The van der Waals surface area contributed by atoms with Crippen LogP contribution in [0.15, 0.2) is 30.3 Å². The Morgan fingerprint density at radius 3 is 1.96 bits per heavy atom. The maximum absolute atomic E-state index is 6.04. The largest absolute Gasteiger partial charge is 0.493 e. The molecule has 1 heterocycles. The molecule has 0 N–H and O–H groups in total. The second-order valence-corrected chi connectivity index (χ2v) is 5.60. The third-order valence-corrected chi connectivity index (χ3v) is 4.25. The number of fused-ring (bicyclic) bond motifs is 1. The molecule has 3 rings (SSSR count). The van der Waals surface area contributed by atoms with E-state index in [1.165, 1.54) is 0 Å². The molecule has 2 aromatic carbocycles. The lowest BCUT2D eigenvalue weighted by Crippen LogP contribution is -2.12. The predicted molar refractivity (Wildman–Crippen MR) is 97.8 cm³/mol. The van der Waals surface area contributed by atoms with Gasteiger partial charge in [-0.1, -0.05) is 0 Å². The maximum Gasteiger partial charge on any atom is 0.227 e. The highest BCUT2D eigenvalue weighted by Crippen LogP contribution is 2.42. The summed E-state index contributed by atoms with van der Waals surface area (Å²) in [6, 6.07) is 9.38. The average molecular weight is 358 g/mol. The van der Waals surface area contributed by atoms with Crippen molar-refractivity contribution in [1.82, 2.24) is 0 Å². The Kier molecular flexibility index (Phi) is 5.23. The summed E-state index contributed by atoms with van der Waals surface area (Å²) in [6.45, 7) is 0. The van der Waals surface area contributed by atoms with Crippen LogP contribution in [-0.2, 0) is 9.47 Å². The smallest absolute Gasteiger partial charge is 0.227 e. The van der Waals surface area contributed by atoms with Gasteiger partial charge in [0.15, 0.2) is 23.0 Å². The van der Waals surface area contributed by atoms with Crippen LogP contribution in [-0.4, -0.2) is 35.5 Å². The highest BCUT2D eigenvalue weighted by molar-refractivity contribution is 5.82. The Labute approximate surface area is 152 Å². The Hall–Kier alpha value is -2.86. The number of hydrogen-bond donors (Lipinski definition) is 0. The monoisotopic (exact) mass is 358 g/mol. The summed E-state index contributed by atoms with van der Waals surface area (Å²) >= 11 is 0. The van der Waals surface area contributed by atoms with Gasteiger partial charge in [-0.3, -0.25) is 0 Å². The average Bonchev–Trinajstić information content (AvgIpc) is 2.70. The lowest BCUT2D eigenvalue weighted by molar-refractivity contribution is -0.0766. The van der Waals surface area contributed by atoms with E-state index >= 15 is 0 Å². The number of benzene rings is 2. The van der Waals surface area contributed by atoms with Gasteiger partial charge >= 0.3 is 0 Å². The van der Waals surface area contributed by atoms with Crippen LogP contribution >= 0.6 is 0 Å². The fraction of sp³-hybridized carbons (Fsp3) is 0.300. The van der Waals surface area contributed by atoms with E-state index in [9.17, 15) is 0 Å². The van der Waals surface area contributed by atoms with Crippen molar-refractivity contribution in [2.24, 2.45) is 0 Å². The Morgan fingerprint density at radius 1 is 0.731 bits per heavy atom. The van der Waals surface area contributed by atoms with Crippen molar-refractivity contribution in [2.45, 2.75) is 6.29 Å². The molecule has 0 aliphatic carbocycles. The van der Waals surface area contributed by atoms with Crippen molar-refractivity contribution in [2.75, 3.05) is 35.5 Å². The first-order valence-corrected chi connectivity index (χ1v) is 8.04. The molecule has 1 atom stereocenters. The molecule has 1 aliphatic heterocycles. The number of hydrogen-bond acceptors (Lipinski definition) is 6. The van der Waals surface area contributed by atoms with Gasteiger partial charge in [-0.2, -0.15) is 0 Å². The predicted octanol–water partition coefficient (Wildman–Crippen LogP) is 3.89. The van der Waals surface area contributed by atoms with Gasteiger partial charge in [0, 0.05) is 18.2 Å². The quantitative estimate of drug-likeness (QED) is 0.781. The fourth-order valence-corrected chi connectivity index (χ4v) is 2.91. The van der Waals surface area contributed by atoms with Gasteiger partial charge in [0.05, 0.1) is 28.4 Å². The molecule has 0 bridgehead atoms. The first-order chi connectivity index (χ1) is 12.6. The number of ether oxygens (including phenoxy) is 6. The molecule has 0 saturated heterocycles. The van der Waals surface area contributed by atoms with E-state index in [1.54, 1.807) is 35.5 Å². The van der Waals surface area contributed by atoms with Crippen LogP contribution in [0.4, 0.5) is 0 Å². The van der Waals surface area contributed by atoms with Crippen molar-refractivity contribution in [3.05, 3.63) is 47.0 Å². The van der Waals surface area contributed by atoms with Crippen LogP contribution in [0, 0.1) is 0 Å². The summed E-state index contributed by atoms with van der Waals surface area (Å²) in [5.41, 5.74) is 2.66. The molecule has 0 aromatic heterocycles. The molecule has 0 amide bonds. The third kappa shape index (κ3) is 3.15. The molecular formula is C20H22O6. The van der Waals surface area contributed by atoms with E-state index in [0.29, 0.717) is 28.8 Å². The zero-order valence-corrected chi connectivity index (χ0v) is 15.5. The molecule has 0 radical (unpaired) electrons. The van der Waals surface area contributed by atoms with Gasteiger partial charge in [-0.25, -0.2) is 0 Å². The standard InChI is InChI=1S/C20H22O6/c1-21-15-7-6-12(8-17(15)22-2)16-9-13-10-18(23-3)19(24-4)11-14(13)20(25-5)26-16/h6-11,20H,1-5H3/t20-/m0/s1. The van der Waals surface area contributed by atoms with Crippen molar-refractivity contribution >= 4 is 11.8 Å². The Balaban J connectivity index is 2.09. The van der Waals surface area contributed by atoms with Crippen molar-refractivity contribution in [3.8, 4) is 23.0 Å². The lowest BCUT2D eigenvalue weighted by atomic mass is 10.0. The zero-order chi connectivity index (χ0) is 18.7. The van der Waals surface area contributed by atoms with Gasteiger partial charge in [-0.15, -0.1) is 0 Å². The van der Waals surface area contributed by atoms with Crippen LogP contribution in [0.1, 0.15) is 23.0 Å². The topological polar surface area (TPSA) is 55.4 Å². The minimum absolute atomic E-state index is 0.557. The highest BCUT2D eigenvalue weighted by atomic mass is 16.7. The summed E-state index contributed by atoms with van der Waals surface area (Å²) in [7, 11) is 8.01. The molecule has 1 aliphatic rings. The van der Waals surface area contributed by atoms with E-state index in [0.717, 1.165) is 16.7 Å².